The van der Waals surface area contributed by atoms with Crippen LogP contribution in [0.4, 0.5) is 4.39 Å². The van der Waals surface area contributed by atoms with Crippen molar-refractivity contribution in [3.8, 4) is 5.75 Å². The Morgan fingerprint density at radius 2 is 1.62 bits per heavy atom. The van der Waals surface area contributed by atoms with E-state index in [4.69, 9.17) is 14.9 Å². The van der Waals surface area contributed by atoms with Gasteiger partial charge in [0.05, 0.1) is 16.7 Å². The SMILES string of the molecule is CC(C(=O)O)C(C)C(=O)O.CCCNCCOc1cc(F)cc(S(C)(=O)=O)c1.[Y]. The van der Waals surface area contributed by atoms with E-state index in [1.54, 1.807) is 0 Å². The van der Waals surface area contributed by atoms with E-state index in [2.05, 4.69) is 12.2 Å². The minimum atomic E-state index is -3.42. The van der Waals surface area contributed by atoms with Crippen molar-refractivity contribution in [2.75, 3.05) is 26.0 Å². The van der Waals surface area contributed by atoms with E-state index in [0.29, 0.717) is 13.2 Å². The molecule has 0 aliphatic rings. The van der Waals surface area contributed by atoms with Crippen LogP contribution in [0.3, 0.4) is 0 Å². The summed E-state index contributed by atoms with van der Waals surface area (Å²) in [5, 5.41) is 19.8. The number of carboxylic acids is 2. The van der Waals surface area contributed by atoms with Crippen LogP contribution in [0, 0.1) is 17.7 Å². The Bertz CT molecular complexity index is 741. The fourth-order valence-corrected chi connectivity index (χ4v) is 2.46. The van der Waals surface area contributed by atoms with Gasteiger partial charge in [-0.15, -0.1) is 0 Å². The van der Waals surface area contributed by atoms with Crippen molar-refractivity contribution in [2.45, 2.75) is 32.1 Å². The normalized spacial score (nSPS) is 12.6. The van der Waals surface area contributed by atoms with Gasteiger partial charge in [-0.05, 0) is 25.1 Å². The molecule has 1 aromatic rings. The van der Waals surface area contributed by atoms with E-state index in [0.717, 1.165) is 25.3 Å². The molecular formula is C18H28FNO7SY. The van der Waals surface area contributed by atoms with Gasteiger partial charge in [0.15, 0.2) is 9.84 Å². The maximum Gasteiger partial charge on any atom is 0.307 e. The molecule has 0 bridgehead atoms. The van der Waals surface area contributed by atoms with Crippen LogP contribution >= 0.6 is 0 Å². The first-order chi connectivity index (χ1) is 12.9. The third-order valence-corrected chi connectivity index (χ3v) is 4.87. The van der Waals surface area contributed by atoms with E-state index < -0.39 is 39.4 Å². The van der Waals surface area contributed by atoms with Crippen molar-refractivity contribution in [3.63, 3.8) is 0 Å². The standard InChI is InChI=1S/C12H18FNO3S.C6H10O4.Y/c1-3-4-14-5-6-17-11-7-10(13)8-12(9-11)18(2,15)16;1-3(5(7)8)4(2)6(9)10;/h7-9,14H,3-6H2,1-2H3;3-4H,1-2H3,(H,7,8)(H,9,10);. The second kappa shape index (κ2) is 14.8. The van der Waals surface area contributed by atoms with E-state index in [1.165, 1.54) is 26.0 Å². The number of rotatable bonds is 10. The van der Waals surface area contributed by atoms with E-state index in [-0.39, 0.29) is 43.4 Å². The average molecular weight is 510 g/mol. The van der Waals surface area contributed by atoms with Gasteiger partial charge in [-0.1, -0.05) is 20.8 Å². The maximum absolute atomic E-state index is 13.2. The topological polar surface area (TPSA) is 130 Å². The van der Waals surface area contributed by atoms with Gasteiger partial charge in [0.1, 0.15) is 18.2 Å². The Labute approximate surface area is 196 Å². The second-order valence-corrected chi connectivity index (χ2v) is 8.26. The molecule has 1 aromatic carbocycles. The molecule has 0 aromatic heterocycles. The largest absolute Gasteiger partial charge is 0.492 e. The summed E-state index contributed by atoms with van der Waals surface area (Å²) < 4.78 is 41.2. The van der Waals surface area contributed by atoms with Crippen molar-refractivity contribution in [1.82, 2.24) is 5.32 Å². The van der Waals surface area contributed by atoms with Gasteiger partial charge in [0.25, 0.3) is 0 Å². The number of carbonyl (C=O) groups is 2. The van der Waals surface area contributed by atoms with Crippen molar-refractivity contribution >= 4 is 21.8 Å². The predicted molar refractivity (Wildman–Crippen MR) is 102 cm³/mol. The summed E-state index contributed by atoms with van der Waals surface area (Å²) in [7, 11) is -3.42. The summed E-state index contributed by atoms with van der Waals surface area (Å²) in [4.78, 5) is 20.3. The van der Waals surface area contributed by atoms with Crippen LogP contribution in [-0.2, 0) is 52.1 Å². The number of hydrogen-bond donors (Lipinski definition) is 3. The molecule has 0 aliphatic heterocycles. The third-order valence-electron chi connectivity index (χ3n) is 3.78. The Kier molecular flexibility index (Phi) is 15.4. The van der Waals surface area contributed by atoms with Gasteiger partial charge in [-0.2, -0.15) is 0 Å². The number of halogens is 1. The molecule has 2 atom stereocenters. The van der Waals surface area contributed by atoms with Crippen LogP contribution in [0.1, 0.15) is 27.2 Å². The molecule has 2 unspecified atom stereocenters. The van der Waals surface area contributed by atoms with Crippen molar-refractivity contribution in [1.29, 1.82) is 0 Å². The van der Waals surface area contributed by atoms with Crippen LogP contribution in [0.15, 0.2) is 23.1 Å². The van der Waals surface area contributed by atoms with Gasteiger partial charge >= 0.3 is 11.9 Å². The number of benzene rings is 1. The Balaban J connectivity index is 0. The monoisotopic (exact) mass is 510 g/mol. The van der Waals surface area contributed by atoms with Crippen molar-refractivity contribution in [3.05, 3.63) is 24.0 Å². The fourth-order valence-electron chi connectivity index (χ4n) is 1.80. The summed E-state index contributed by atoms with van der Waals surface area (Å²) in [6.07, 6.45) is 2.06. The van der Waals surface area contributed by atoms with Gasteiger partial charge in [0, 0.05) is 51.6 Å². The number of sulfone groups is 1. The van der Waals surface area contributed by atoms with Crippen LogP contribution in [0.2, 0.25) is 0 Å². The summed E-state index contributed by atoms with van der Waals surface area (Å²) in [5.74, 6) is -4.18. The summed E-state index contributed by atoms with van der Waals surface area (Å²) >= 11 is 0. The molecule has 1 rings (SSSR count). The number of ether oxygens (including phenoxy) is 1. The molecule has 0 saturated carbocycles. The number of aliphatic carboxylic acids is 2. The summed E-state index contributed by atoms with van der Waals surface area (Å²) in [6, 6.07) is 3.49. The molecule has 3 N–H and O–H groups in total. The molecule has 0 spiro atoms. The molecular weight excluding hydrogens is 482 g/mol. The summed E-state index contributed by atoms with van der Waals surface area (Å²) in [5.41, 5.74) is 0. The first kappa shape index (κ1) is 30.1. The minimum Gasteiger partial charge on any atom is -0.492 e. The number of hydrogen-bond acceptors (Lipinski definition) is 6. The molecule has 0 aliphatic carbocycles. The zero-order valence-electron chi connectivity index (χ0n) is 17.0. The summed E-state index contributed by atoms with van der Waals surface area (Å²) in [6.45, 7) is 6.70. The van der Waals surface area contributed by atoms with Crippen LogP contribution in [-0.4, -0.2) is 56.5 Å². The Hall–Kier alpha value is -1.10. The zero-order chi connectivity index (χ0) is 21.9. The van der Waals surface area contributed by atoms with E-state index >= 15 is 0 Å². The van der Waals surface area contributed by atoms with Crippen LogP contribution in [0.25, 0.3) is 0 Å². The quantitative estimate of drug-likeness (QED) is 0.408. The molecule has 1 radical (unpaired) electrons. The predicted octanol–water partition coefficient (Wildman–Crippen LogP) is 2.03. The number of carboxylic acid groups (broad SMARTS) is 2. The van der Waals surface area contributed by atoms with Crippen molar-refractivity contribution in [2.24, 2.45) is 11.8 Å². The average Bonchev–Trinajstić information content (AvgIpc) is 2.59. The molecule has 0 saturated heterocycles. The third kappa shape index (κ3) is 12.9. The zero-order valence-corrected chi connectivity index (χ0v) is 20.7. The molecule has 29 heavy (non-hydrogen) atoms. The van der Waals surface area contributed by atoms with Gasteiger partial charge in [-0.3, -0.25) is 9.59 Å². The Morgan fingerprint density at radius 3 is 2.03 bits per heavy atom. The minimum absolute atomic E-state index is 0. The number of nitrogens with one attached hydrogen (secondary N) is 1. The first-order valence-corrected chi connectivity index (χ1v) is 10.6. The van der Waals surface area contributed by atoms with Gasteiger partial charge in [-0.25, -0.2) is 12.8 Å². The van der Waals surface area contributed by atoms with Crippen LogP contribution < -0.4 is 10.1 Å². The van der Waals surface area contributed by atoms with E-state index in [1.807, 2.05) is 0 Å². The maximum atomic E-state index is 13.2. The fraction of sp³-hybridized carbons (Fsp3) is 0.556. The molecule has 163 valence electrons. The second-order valence-electron chi connectivity index (χ2n) is 6.25. The van der Waals surface area contributed by atoms with Crippen molar-refractivity contribution < 1.29 is 70.1 Å². The van der Waals surface area contributed by atoms with Gasteiger partial charge < -0.3 is 20.3 Å². The van der Waals surface area contributed by atoms with Crippen LogP contribution in [0.5, 0.6) is 5.75 Å². The molecule has 0 fully saturated rings. The molecule has 8 nitrogen and oxygen atoms in total. The van der Waals surface area contributed by atoms with E-state index in [9.17, 15) is 22.4 Å². The Morgan fingerprint density at radius 1 is 1.10 bits per heavy atom. The van der Waals surface area contributed by atoms with Gasteiger partial charge in [0.2, 0.25) is 0 Å². The smallest absolute Gasteiger partial charge is 0.307 e. The molecule has 11 heteroatoms. The molecule has 0 amide bonds. The first-order valence-electron chi connectivity index (χ1n) is 8.69. The molecule has 0 heterocycles.